The lowest BCUT2D eigenvalue weighted by Crippen LogP contribution is -2.16. The van der Waals surface area contributed by atoms with Gasteiger partial charge in [-0.2, -0.15) is 13.2 Å². The molecule has 0 fully saturated rings. The fourth-order valence-electron chi connectivity index (χ4n) is 2.54. The molecule has 0 saturated carbocycles. The number of nitrogens with zero attached hydrogens (tertiary/aromatic N) is 3. The molecule has 0 aliphatic carbocycles. The Hall–Kier alpha value is -2.61. The van der Waals surface area contributed by atoms with Crippen LogP contribution in [0.1, 0.15) is 18.9 Å². The summed E-state index contributed by atoms with van der Waals surface area (Å²) < 4.78 is 46.0. The molecular weight excluding hydrogens is 345 g/mol. The van der Waals surface area contributed by atoms with Crippen molar-refractivity contribution in [3.05, 3.63) is 48.2 Å². The molecule has 26 heavy (non-hydrogen) atoms. The summed E-state index contributed by atoms with van der Waals surface area (Å²) >= 11 is 0. The minimum Gasteiger partial charge on any atom is -0.477 e. The number of benzene rings is 1. The van der Waals surface area contributed by atoms with Crippen LogP contribution in [-0.4, -0.2) is 34.3 Å². The van der Waals surface area contributed by atoms with Gasteiger partial charge in [0.1, 0.15) is 0 Å². The van der Waals surface area contributed by atoms with E-state index in [0.717, 1.165) is 31.6 Å². The van der Waals surface area contributed by atoms with Gasteiger partial charge in [-0.1, -0.05) is 19.1 Å². The van der Waals surface area contributed by atoms with Crippen molar-refractivity contribution in [3.63, 3.8) is 0 Å². The molecule has 0 saturated heterocycles. The second-order valence-corrected chi connectivity index (χ2v) is 5.72. The number of fused-ring (bicyclic) bond motifs is 1. The van der Waals surface area contributed by atoms with Gasteiger partial charge in [-0.15, -0.1) is 5.10 Å². The van der Waals surface area contributed by atoms with Crippen LogP contribution in [0.2, 0.25) is 0 Å². The van der Waals surface area contributed by atoms with Crippen LogP contribution in [0, 0.1) is 0 Å². The maximum Gasteiger partial charge on any atom is 0.416 e. The molecule has 2 aromatic heterocycles. The standard InChI is InChI=1S/C18H19F3N4O/c1-2-22-9-4-10-26-17-8-7-16-23-12-15(25(16)24-17)13-5-3-6-14(11-13)18(19,20)21/h3,5-8,11-12,22H,2,4,9-10H2,1H3. The maximum absolute atomic E-state index is 13.0. The topological polar surface area (TPSA) is 51.5 Å². The Morgan fingerprint density at radius 3 is 2.81 bits per heavy atom. The molecule has 8 heteroatoms. The number of aromatic nitrogens is 3. The van der Waals surface area contributed by atoms with Crippen LogP contribution >= 0.6 is 0 Å². The fraction of sp³-hybridized carbons (Fsp3) is 0.333. The predicted molar refractivity (Wildman–Crippen MR) is 92.1 cm³/mol. The molecule has 0 aliphatic rings. The minimum absolute atomic E-state index is 0.393. The Balaban J connectivity index is 1.84. The molecular formula is C18H19F3N4O. The molecule has 0 atom stereocenters. The second-order valence-electron chi connectivity index (χ2n) is 5.72. The average Bonchev–Trinajstić information content (AvgIpc) is 3.04. The Bertz CT molecular complexity index is 876. The van der Waals surface area contributed by atoms with Gasteiger partial charge in [0.25, 0.3) is 0 Å². The lowest BCUT2D eigenvalue weighted by molar-refractivity contribution is -0.137. The number of alkyl halides is 3. The third-order valence-corrected chi connectivity index (χ3v) is 3.82. The minimum atomic E-state index is -4.40. The van der Waals surface area contributed by atoms with E-state index in [9.17, 15) is 13.2 Å². The Kier molecular flexibility index (Phi) is 5.41. The van der Waals surface area contributed by atoms with Crippen molar-refractivity contribution in [3.8, 4) is 17.1 Å². The van der Waals surface area contributed by atoms with Gasteiger partial charge in [0, 0.05) is 11.6 Å². The highest BCUT2D eigenvalue weighted by atomic mass is 19.4. The van der Waals surface area contributed by atoms with Gasteiger partial charge in [-0.3, -0.25) is 0 Å². The van der Waals surface area contributed by atoms with Crippen molar-refractivity contribution < 1.29 is 17.9 Å². The highest BCUT2D eigenvalue weighted by molar-refractivity contribution is 5.64. The largest absolute Gasteiger partial charge is 0.477 e. The van der Waals surface area contributed by atoms with E-state index in [2.05, 4.69) is 15.4 Å². The normalized spacial score (nSPS) is 11.8. The van der Waals surface area contributed by atoms with Gasteiger partial charge in [-0.05, 0) is 37.7 Å². The van der Waals surface area contributed by atoms with Gasteiger partial charge in [0.05, 0.1) is 24.1 Å². The summed E-state index contributed by atoms with van der Waals surface area (Å²) in [5.74, 6) is 0.403. The molecule has 5 nitrogen and oxygen atoms in total. The molecule has 138 valence electrons. The molecule has 3 aromatic rings. The first-order valence-electron chi connectivity index (χ1n) is 8.35. The van der Waals surface area contributed by atoms with Gasteiger partial charge >= 0.3 is 6.18 Å². The zero-order chi connectivity index (χ0) is 18.6. The Morgan fingerprint density at radius 1 is 1.19 bits per heavy atom. The second kappa shape index (κ2) is 7.74. The van der Waals surface area contributed by atoms with Crippen LogP contribution in [0.15, 0.2) is 42.6 Å². The summed E-state index contributed by atoms with van der Waals surface area (Å²) in [6.07, 6.45) is -2.06. The van der Waals surface area contributed by atoms with Gasteiger partial charge < -0.3 is 10.1 Å². The van der Waals surface area contributed by atoms with Crippen molar-refractivity contribution in [2.75, 3.05) is 19.7 Å². The summed E-state index contributed by atoms with van der Waals surface area (Å²) in [7, 11) is 0. The lowest BCUT2D eigenvalue weighted by atomic mass is 10.1. The van der Waals surface area contributed by atoms with Crippen LogP contribution in [0.4, 0.5) is 13.2 Å². The van der Waals surface area contributed by atoms with E-state index in [1.807, 2.05) is 6.92 Å². The van der Waals surface area contributed by atoms with Gasteiger partial charge in [-0.25, -0.2) is 9.50 Å². The van der Waals surface area contributed by atoms with Crippen LogP contribution < -0.4 is 10.1 Å². The maximum atomic E-state index is 13.0. The number of halogens is 3. The van der Waals surface area contributed by atoms with E-state index in [1.165, 1.54) is 16.8 Å². The van der Waals surface area contributed by atoms with Crippen LogP contribution in [0.25, 0.3) is 16.9 Å². The summed E-state index contributed by atoms with van der Waals surface area (Å²) in [5.41, 5.74) is 0.700. The van der Waals surface area contributed by atoms with E-state index in [1.54, 1.807) is 18.2 Å². The van der Waals surface area contributed by atoms with Crippen LogP contribution in [0.5, 0.6) is 5.88 Å². The number of rotatable bonds is 7. The first-order chi connectivity index (χ1) is 12.5. The molecule has 1 N–H and O–H groups in total. The third kappa shape index (κ3) is 4.13. The molecule has 0 aliphatic heterocycles. The quantitative estimate of drug-likeness (QED) is 0.648. The SMILES string of the molecule is CCNCCCOc1ccc2ncc(-c3cccc(C(F)(F)F)c3)n2n1. The summed E-state index contributed by atoms with van der Waals surface area (Å²) in [4.78, 5) is 4.20. The lowest BCUT2D eigenvalue weighted by Gasteiger charge is -2.09. The molecule has 2 heterocycles. The van der Waals surface area contributed by atoms with E-state index in [0.29, 0.717) is 29.4 Å². The van der Waals surface area contributed by atoms with Crippen LogP contribution in [-0.2, 0) is 6.18 Å². The molecule has 0 radical (unpaired) electrons. The van der Waals surface area contributed by atoms with Crippen molar-refractivity contribution in [1.29, 1.82) is 0 Å². The van der Waals surface area contributed by atoms with Crippen molar-refractivity contribution in [2.45, 2.75) is 19.5 Å². The van der Waals surface area contributed by atoms with E-state index < -0.39 is 11.7 Å². The molecule has 0 spiro atoms. The van der Waals surface area contributed by atoms with Crippen LogP contribution in [0.3, 0.4) is 0 Å². The Morgan fingerprint density at radius 2 is 2.04 bits per heavy atom. The first kappa shape index (κ1) is 18.2. The monoisotopic (exact) mass is 364 g/mol. The molecule has 0 unspecified atom stereocenters. The molecule has 0 amide bonds. The number of hydrogen-bond acceptors (Lipinski definition) is 4. The number of hydrogen-bond donors (Lipinski definition) is 1. The van der Waals surface area contributed by atoms with Crippen molar-refractivity contribution in [2.24, 2.45) is 0 Å². The Labute approximate surface area is 148 Å². The zero-order valence-corrected chi connectivity index (χ0v) is 14.3. The first-order valence-corrected chi connectivity index (χ1v) is 8.35. The molecule has 0 bridgehead atoms. The number of ether oxygens (including phenoxy) is 1. The highest BCUT2D eigenvalue weighted by Gasteiger charge is 2.30. The molecule has 3 rings (SSSR count). The summed E-state index contributed by atoms with van der Waals surface area (Å²) in [6.45, 7) is 4.28. The van der Waals surface area contributed by atoms with E-state index in [4.69, 9.17) is 4.74 Å². The summed E-state index contributed by atoms with van der Waals surface area (Å²) in [5, 5.41) is 7.55. The third-order valence-electron chi connectivity index (χ3n) is 3.82. The van der Waals surface area contributed by atoms with E-state index in [-0.39, 0.29) is 0 Å². The average molecular weight is 364 g/mol. The van der Waals surface area contributed by atoms with Gasteiger partial charge in [0.15, 0.2) is 5.65 Å². The van der Waals surface area contributed by atoms with E-state index >= 15 is 0 Å². The van der Waals surface area contributed by atoms with Crippen molar-refractivity contribution in [1.82, 2.24) is 19.9 Å². The number of nitrogens with one attached hydrogen (secondary N) is 1. The summed E-state index contributed by atoms with van der Waals surface area (Å²) in [6, 6.07) is 8.53. The highest BCUT2D eigenvalue weighted by Crippen LogP contribution is 2.32. The molecule has 1 aromatic carbocycles. The predicted octanol–water partition coefficient (Wildman–Crippen LogP) is 3.79. The van der Waals surface area contributed by atoms with Crippen molar-refractivity contribution >= 4 is 5.65 Å². The zero-order valence-electron chi connectivity index (χ0n) is 14.3. The number of imidazole rings is 1. The smallest absolute Gasteiger partial charge is 0.416 e. The van der Waals surface area contributed by atoms with Gasteiger partial charge in [0.2, 0.25) is 5.88 Å². The fourth-order valence-corrected chi connectivity index (χ4v) is 2.54.